The van der Waals surface area contributed by atoms with Gasteiger partial charge >= 0.3 is 6.03 Å². The molecule has 0 saturated carbocycles. The molecule has 13 heteroatoms. The molecular formula is C21H16F4N5O3Y-. The van der Waals surface area contributed by atoms with E-state index in [1.807, 2.05) is 0 Å². The summed E-state index contributed by atoms with van der Waals surface area (Å²) < 4.78 is 56.6. The first-order valence-corrected chi connectivity index (χ1v) is 9.27. The van der Waals surface area contributed by atoms with Crippen LogP contribution in [0.3, 0.4) is 0 Å². The minimum atomic E-state index is -1.56. The number of nitrogens with two attached hydrogens (primary N) is 1. The maximum absolute atomic E-state index is 14.5. The average Bonchev–Trinajstić information content (AvgIpc) is 2.75. The van der Waals surface area contributed by atoms with E-state index in [4.69, 9.17) is 11.5 Å². The molecule has 3 aromatic rings. The zero-order chi connectivity index (χ0) is 24.3. The predicted octanol–water partition coefficient (Wildman–Crippen LogP) is 3.62. The summed E-state index contributed by atoms with van der Waals surface area (Å²) in [4.78, 5) is 29.0. The fourth-order valence-corrected chi connectivity index (χ4v) is 2.96. The number of aliphatic hydroxyl groups excluding tert-OH is 1. The van der Waals surface area contributed by atoms with Crippen molar-refractivity contribution in [3.8, 4) is 11.3 Å². The summed E-state index contributed by atoms with van der Waals surface area (Å²) in [7, 11) is 0. The number of nitrogens with zero attached hydrogens (tertiary/aromatic N) is 2. The predicted molar refractivity (Wildman–Crippen MR) is 110 cm³/mol. The molecule has 1 heterocycles. The maximum Gasteiger partial charge on any atom is 0.325 e. The van der Waals surface area contributed by atoms with Gasteiger partial charge in [0.05, 0.1) is 11.3 Å². The average molecular weight is 551 g/mol. The fourth-order valence-electron chi connectivity index (χ4n) is 2.96. The summed E-state index contributed by atoms with van der Waals surface area (Å²) in [5.41, 5.74) is 10.4. The Morgan fingerprint density at radius 1 is 1.06 bits per heavy atom. The SMILES string of the molecule is [NH-]C[C@@H](O)NC(=O)c1ccc(N(C(N)=O)c2c(F)cccc2F)nc1-c1ccc(F)cc1F.[Y]. The van der Waals surface area contributed by atoms with Crippen molar-refractivity contribution >= 4 is 23.4 Å². The largest absolute Gasteiger partial charge is 0.674 e. The molecule has 0 unspecified atom stereocenters. The van der Waals surface area contributed by atoms with Crippen LogP contribution in [0, 0.1) is 23.3 Å². The van der Waals surface area contributed by atoms with Gasteiger partial charge in [-0.05, 0) is 36.4 Å². The number of benzene rings is 2. The van der Waals surface area contributed by atoms with Gasteiger partial charge in [-0.1, -0.05) is 6.07 Å². The van der Waals surface area contributed by atoms with Crippen LogP contribution in [0.25, 0.3) is 17.0 Å². The Labute approximate surface area is 215 Å². The van der Waals surface area contributed by atoms with Gasteiger partial charge in [0.1, 0.15) is 41.0 Å². The van der Waals surface area contributed by atoms with E-state index >= 15 is 0 Å². The summed E-state index contributed by atoms with van der Waals surface area (Å²) in [6.45, 7) is -0.584. The van der Waals surface area contributed by atoms with Crippen LogP contribution >= 0.6 is 0 Å². The minimum absolute atomic E-state index is 0. The van der Waals surface area contributed by atoms with Gasteiger partial charge in [0.25, 0.3) is 5.91 Å². The number of anilines is 2. The second kappa shape index (κ2) is 11.5. The van der Waals surface area contributed by atoms with Crippen LogP contribution in [0.1, 0.15) is 10.4 Å². The van der Waals surface area contributed by atoms with Crippen LogP contribution in [-0.4, -0.2) is 34.8 Å². The van der Waals surface area contributed by atoms with Crippen molar-refractivity contribution in [2.75, 3.05) is 11.4 Å². The molecule has 5 N–H and O–H groups in total. The number of carbonyl (C=O) groups excluding carboxylic acids is 2. The zero-order valence-corrected chi connectivity index (χ0v) is 20.1. The molecule has 0 aliphatic rings. The molecule has 3 rings (SSSR count). The molecule has 0 aliphatic heterocycles. The first-order valence-electron chi connectivity index (χ1n) is 9.27. The number of primary amides is 1. The van der Waals surface area contributed by atoms with E-state index in [0.29, 0.717) is 11.0 Å². The Bertz CT molecular complexity index is 1210. The van der Waals surface area contributed by atoms with Gasteiger partial charge in [-0.15, -0.1) is 6.54 Å². The molecule has 1 aromatic heterocycles. The van der Waals surface area contributed by atoms with E-state index in [9.17, 15) is 32.3 Å². The number of aliphatic hydroxyl groups is 1. The number of aromatic nitrogens is 1. The van der Waals surface area contributed by atoms with Gasteiger partial charge in [0, 0.05) is 44.3 Å². The third kappa shape index (κ3) is 5.76. The van der Waals surface area contributed by atoms with Gasteiger partial charge < -0.3 is 21.9 Å². The Morgan fingerprint density at radius 2 is 1.71 bits per heavy atom. The molecular weight excluding hydrogens is 535 g/mol. The topological polar surface area (TPSA) is 132 Å². The van der Waals surface area contributed by atoms with Gasteiger partial charge in [-0.3, -0.25) is 4.79 Å². The summed E-state index contributed by atoms with van der Waals surface area (Å²) in [5.74, 6) is -5.79. The van der Waals surface area contributed by atoms with Crippen molar-refractivity contribution in [3.05, 3.63) is 83.1 Å². The number of nitrogens with one attached hydrogen (secondary N) is 2. The summed E-state index contributed by atoms with van der Waals surface area (Å²) in [5, 5.41) is 11.6. The first-order chi connectivity index (χ1) is 15.6. The monoisotopic (exact) mass is 551 g/mol. The number of hydrogen-bond donors (Lipinski definition) is 3. The standard InChI is InChI=1S/C21H16F4N5O3.Y/c22-10-4-5-11(15(25)8-10)18-12(20(32)29-17(31)9-26)6-7-16(28-18)30(21(27)33)19-13(23)2-1-3-14(19)24;/h1-8,17,26,31H,9H2,(H2,27,33)(H,29,32);/q-1;/t17-;/m1./s1. The van der Waals surface area contributed by atoms with E-state index in [0.717, 1.165) is 42.5 Å². The van der Waals surface area contributed by atoms with Crippen molar-refractivity contribution in [2.24, 2.45) is 5.73 Å². The third-order valence-electron chi connectivity index (χ3n) is 4.41. The second-order valence-electron chi connectivity index (χ2n) is 6.63. The van der Waals surface area contributed by atoms with Crippen molar-refractivity contribution in [2.45, 2.75) is 6.23 Å². The third-order valence-corrected chi connectivity index (χ3v) is 4.41. The summed E-state index contributed by atoms with van der Waals surface area (Å²) >= 11 is 0. The number of halogens is 4. The molecule has 2 aromatic carbocycles. The molecule has 34 heavy (non-hydrogen) atoms. The van der Waals surface area contributed by atoms with Gasteiger partial charge in [-0.2, -0.15) is 0 Å². The summed E-state index contributed by atoms with van der Waals surface area (Å²) in [6, 6.07) is 5.90. The molecule has 0 saturated heterocycles. The molecule has 3 amide bonds. The van der Waals surface area contributed by atoms with E-state index < -0.39 is 65.2 Å². The van der Waals surface area contributed by atoms with E-state index in [1.54, 1.807) is 0 Å². The number of urea groups is 1. The summed E-state index contributed by atoms with van der Waals surface area (Å²) in [6.07, 6.45) is -1.56. The van der Waals surface area contributed by atoms with E-state index in [1.165, 1.54) is 0 Å². The second-order valence-corrected chi connectivity index (χ2v) is 6.63. The molecule has 175 valence electrons. The van der Waals surface area contributed by atoms with Gasteiger partial charge in [-0.25, -0.2) is 32.2 Å². The van der Waals surface area contributed by atoms with Crippen LogP contribution in [-0.2, 0) is 32.7 Å². The Hall–Kier alpha value is -2.93. The van der Waals surface area contributed by atoms with E-state index in [-0.39, 0.29) is 43.8 Å². The van der Waals surface area contributed by atoms with Crippen molar-refractivity contribution in [3.63, 3.8) is 0 Å². The molecule has 1 atom stereocenters. The number of carbonyl (C=O) groups is 2. The molecule has 0 bridgehead atoms. The van der Waals surface area contributed by atoms with Crippen LogP contribution < -0.4 is 16.0 Å². The first kappa shape index (κ1) is 27.3. The smallest absolute Gasteiger partial charge is 0.325 e. The van der Waals surface area contributed by atoms with Crippen LogP contribution in [0.5, 0.6) is 0 Å². The maximum atomic E-state index is 14.5. The van der Waals surface area contributed by atoms with E-state index in [2.05, 4.69) is 10.3 Å². The zero-order valence-electron chi connectivity index (χ0n) is 17.2. The van der Waals surface area contributed by atoms with Crippen molar-refractivity contribution in [1.82, 2.24) is 10.3 Å². The number of hydrogen-bond acceptors (Lipinski definition) is 4. The normalized spacial score (nSPS) is 11.4. The van der Waals surface area contributed by atoms with Crippen LogP contribution in [0.4, 0.5) is 33.9 Å². The van der Waals surface area contributed by atoms with Crippen molar-refractivity contribution < 1.29 is 65.0 Å². The molecule has 1 radical (unpaired) electrons. The Kier molecular flexibility index (Phi) is 9.22. The molecule has 0 aliphatic carbocycles. The minimum Gasteiger partial charge on any atom is -0.674 e. The van der Waals surface area contributed by atoms with Crippen LogP contribution in [0.15, 0.2) is 48.5 Å². The van der Waals surface area contributed by atoms with Crippen molar-refractivity contribution in [1.29, 1.82) is 0 Å². The molecule has 0 fully saturated rings. The number of amides is 3. The fraction of sp³-hybridized carbons (Fsp3) is 0.0952. The number of para-hydroxylation sites is 1. The Morgan fingerprint density at radius 3 is 2.26 bits per heavy atom. The quantitative estimate of drug-likeness (QED) is 0.319. The van der Waals surface area contributed by atoms with Crippen LogP contribution in [0.2, 0.25) is 0 Å². The Balaban J connectivity index is 0.00000408. The van der Waals surface area contributed by atoms with Gasteiger partial charge in [0.2, 0.25) is 0 Å². The number of pyridine rings is 1. The molecule has 8 nitrogen and oxygen atoms in total. The van der Waals surface area contributed by atoms with Gasteiger partial charge in [0.15, 0.2) is 0 Å². The number of rotatable bonds is 6. The molecule has 0 spiro atoms.